The van der Waals surface area contributed by atoms with E-state index in [0.717, 1.165) is 29.5 Å². The second-order valence-corrected chi connectivity index (χ2v) is 6.71. The number of amides is 1. The second kappa shape index (κ2) is 9.15. The normalized spacial score (nSPS) is 14.4. The van der Waals surface area contributed by atoms with Crippen molar-refractivity contribution >= 4 is 5.91 Å². The summed E-state index contributed by atoms with van der Waals surface area (Å²) in [7, 11) is 0. The van der Waals surface area contributed by atoms with Crippen molar-refractivity contribution in [3.05, 3.63) is 53.3 Å². The molecule has 1 aromatic heterocycles. The maximum Gasteiger partial charge on any atom is 0.316 e. The summed E-state index contributed by atoms with van der Waals surface area (Å²) in [5.74, 6) is 6.24. The van der Waals surface area contributed by atoms with Crippen molar-refractivity contribution < 1.29 is 9.53 Å². The first-order valence-electron chi connectivity index (χ1n) is 9.21. The van der Waals surface area contributed by atoms with Crippen LogP contribution in [0.3, 0.4) is 0 Å². The molecule has 140 valence electrons. The summed E-state index contributed by atoms with van der Waals surface area (Å²) in [6.07, 6.45) is 7.02. The van der Waals surface area contributed by atoms with E-state index < -0.39 is 0 Å². The zero-order chi connectivity index (χ0) is 19.1. The fraction of sp³-hybridized carbons (Fsp3) is 0.381. The van der Waals surface area contributed by atoms with Crippen LogP contribution in [0, 0.1) is 11.8 Å². The molecule has 27 heavy (non-hydrogen) atoms. The molecule has 0 saturated heterocycles. The summed E-state index contributed by atoms with van der Waals surface area (Å²) >= 11 is 0. The van der Waals surface area contributed by atoms with Gasteiger partial charge in [-0.1, -0.05) is 30.9 Å². The zero-order valence-electron chi connectivity index (χ0n) is 15.4. The molecule has 1 aliphatic rings. The lowest BCUT2D eigenvalue weighted by atomic mass is 9.96. The molecule has 1 saturated carbocycles. The predicted octanol–water partition coefficient (Wildman–Crippen LogP) is 1.99. The van der Waals surface area contributed by atoms with Gasteiger partial charge in [0.25, 0.3) is 0 Å². The molecule has 0 aliphatic heterocycles. The topological polar surface area (TPSA) is 90.1 Å². The van der Waals surface area contributed by atoms with Crippen molar-refractivity contribution in [1.29, 1.82) is 0 Å². The van der Waals surface area contributed by atoms with Crippen molar-refractivity contribution in [2.45, 2.75) is 38.2 Å². The largest absolute Gasteiger partial charge is 0.460 e. The molecule has 0 radical (unpaired) electrons. The Bertz CT molecular complexity index is 818. The van der Waals surface area contributed by atoms with Crippen LogP contribution < -0.4 is 15.8 Å². The van der Waals surface area contributed by atoms with Crippen molar-refractivity contribution in [3.63, 3.8) is 0 Å². The van der Waals surface area contributed by atoms with Crippen LogP contribution in [0.1, 0.15) is 48.8 Å². The maximum absolute atomic E-state index is 11.2. The summed E-state index contributed by atoms with van der Waals surface area (Å²) in [5, 5.41) is 2.80. The van der Waals surface area contributed by atoms with E-state index in [2.05, 4.69) is 34.0 Å². The van der Waals surface area contributed by atoms with E-state index in [0.29, 0.717) is 12.6 Å². The molecule has 1 heterocycles. The van der Waals surface area contributed by atoms with Crippen LogP contribution in [-0.2, 0) is 4.79 Å². The third-order valence-corrected chi connectivity index (χ3v) is 4.57. The molecule has 1 fully saturated rings. The van der Waals surface area contributed by atoms with Gasteiger partial charge in [0.1, 0.15) is 6.10 Å². The van der Waals surface area contributed by atoms with Gasteiger partial charge in [0.15, 0.2) is 0 Å². The van der Waals surface area contributed by atoms with Gasteiger partial charge < -0.3 is 15.8 Å². The number of carbonyl (C=O) groups is 1. The average molecular weight is 364 g/mol. The summed E-state index contributed by atoms with van der Waals surface area (Å²) in [5.41, 5.74) is 8.09. The van der Waals surface area contributed by atoms with Crippen LogP contribution in [0.4, 0.5) is 0 Å². The molecule has 1 aliphatic carbocycles. The number of aromatic nitrogens is 2. The van der Waals surface area contributed by atoms with E-state index in [1.54, 1.807) is 12.4 Å². The number of benzene rings is 1. The second-order valence-electron chi connectivity index (χ2n) is 6.71. The fourth-order valence-electron chi connectivity index (χ4n) is 2.58. The highest BCUT2D eigenvalue weighted by Gasteiger charge is 2.19. The van der Waals surface area contributed by atoms with E-state index in [9.17, 15) is 4.79 Å². The van der Waals surface area contributed by atoms with Crippen molar-refractivity contribution in [3.8, 4) is 17.9 Å². The third kappa shape index (κ3) is 5.53. The SMILES string of the molecule is CC(CNC(=O)CN)c1ccc(C#Cc2cnc(OC3CCC3)nc2)cc1. The van der Waals surface area contributed by atoms with Gasteiger partial charge in [-0.25, -0.2) is 9.97 Å². The number of nitrogens with one attached hydrogen (secondary N) is 1. The lowest BCUT2D eigenvalue weighted by Crippen LogP contribution is -2.32. The first kappa shape index (κ1) is 18.9. The first-order valence-corrected chi connectivity index (χ1v) is 9.21. The highest BCUT2D eigenvalue weighted by atomic mass is 16.5. The van der Waals surface area contributed by atoms with E-state index in [1.165, 1.54) is 6.42 Å². The Kier molecular flexibility index (Phi) is 6.39. The molecular formula is C21H24N4O2. The fourth-order valence-corrected chi connectivity index (χ4v) is 2.58. The van der Waals surface area contributed by atoms with Gasteiger partial charge in [-0.2, -0.15) is 0 Å². The molecule has 0 bridgehead atoms. The lowest BCUT2D eigenvalue weighted by molar-refractivity contribution is -0.119. The smallest absolute Gasteiger partial charge is 0.316 e. The Morgan fingerprint density at radius 2 is 1.89 bits per heavy atom. The van der Waals surface area contributed by atoms with Crippen LogP contribution in [0.15, 0.2) is 36.7 Å². The van der Waals surface area contributed by atoms with Crippen molar-refractivity contribution in [1.82, 2.24) is 15.3 Å². The van der Waals surface area contributed by atoms with Gasteiger partial charge in [-0.15, -0.1) is 0 Å². The zero-order valence-corrected chi connectivity index (χ0v) is 15.4. The van der Waals surface area contributed by atoms with Crippen LogP contribution in [0.25, 0.3) is 0 Å². The van der Waals surface area contributed by atoms with Gasteiger partial charge in [0.05, 0.1) is 12.1 Å². The minimum absolute atomic E-state index is 0.0125. The molecule has 1 atom stereocenters. The summed E-state index contributed by atoms with van der Waals surface area (Å²) in [6, 6.07) is 8.41. The molecule has 1 amide bonds. The quantitative estimate of drug-likeness (QED) is 0.765. The van der Waals surface area contributed by atoms with E-state index in [4.69, 9.17) is 10.5 Å². The Morgan fingerprint density at radius 1 is 1.22 bits per heavy atom. The van der Waals surface area contributed by atoms with Crippen molar-refractivity contribution in [2.75, 3.05) is 13.1 Å². The van der Waals surface area contributed by atoms with Crippen molar-refractivity contribution in [2.24, 2.45) is 5.73 Å². The molecule has 3 N–H and O–H groups in total. The Morgan fingerprint density at radius 3 is 2.48 bits per heavy atom. The van der Waals surface area contributed by atoms with E-state index in [1.807, 2.05) is 24.3 Å². The molecule has 6 heteroatoms. The van der Waals surface area contributed by atoms with E-state index in [-0.39, 0.29) is 24.5 Å². The minimum Gasteiger partial charge on any atom is -0.460 e. The molecule has 2 aromatic rings. The molecule has 6 nitrogen and oxygen atoms in total. The van der Waals surface area contributed by atoms with Gasteiger partial charge in [0.2, 0.25) is 5.91 Å². The highest BCUT2D eigenvalue weighted by molar-refractivity contribution is 5.77. The number of nitrogens with zero attached hydrogens (tertiary/aromatic N) is 2. The van der Waals surface area contributed by atoms with Gasteiger partial charge in [0, 0.05) is 24.5 Å². The van der Waals surface area contributed by atoms with Crippen LogP contribution in [-0.4, -0.2) is 35.1 Å². The summed E-state index contributed by atoms with van der Waals surface area (Å²) in [6.45, 7) is 2.63. The Hall–Kier alpha value is -2.91. The van der Waals surface area contributed by atoms with Gasteiger partial charge >= 0.3 is 6.01 Å². The maximum atomic E-state index is 11.2. The third-order valence-electron chi connectivity index (χ3n) is 4.57. The van der Waals surface area contributed by atoms with E-state index >= 15 is 0 Å². The van der Waals surface area contributed by atoms with Gasteiger partial charge in [-0.3, -0.25) is 4.79 Å². The summed E-state index contributed by atoms with van der Waals surface area (Å²) < 4.78 is 5.64. The monoisotopic (exact) mass is 364 g/mol. The first-order chi connectivity index (χ1) is 13.1. The number of hydrogen-bond donors (Lipinski definition) is 2. The van der Waals surface area contributed by atoms with Crippen LogP contribution >= 0.6 is 0 Å². The number of rotatable bonds is 6. The Balaban J connectivity index is 1.55. The van der Waals surface area contributed by atoms with Gasteiger partial charge in [-0.05, 0) is 42.9 Å². The molecule has 3 rings (SSSR count). The molecule has 1 unspecified atom stereocenters. The number of carbonyl (C=O) groups excluding carboxylic acids is 1. The summed E-state index contributed by atoms with van der Waals surface area (Å²) in [4.78, 5) is 19.7. The minimum atomic E-state index is -0.143. The molecule has 0 spiro atoms. The number of hydrogen-bond acceptors (Lipinski definition) is 5. The standard InChI is InChI=1S/C21H24N4O2/c1-15(12-23-20(26)11-22)18-9-7-16(8-10-18)5-6-17-13-24-21(25-14-17)27-19-3-2-4-19/h7-10,13-15,19H,2-4,11-12,22H2,1H3,(H,23,26). The average Bonchev–Trinajstić information content (AvgIpc) is 2.68. The number of nitrogens with two attached hydrogens (primary N) is 1. The highest BCUT2D eigenvalue weighted by Crippen LogP contribution is 2.22. The van der Waals surface area contributed by atoms with Crippen LogP contribution in [0.5, 0.6) is 6.01 Å². The predicted molar refractivity (Wildman–Crippen MR) is 103 cm³/mol. The lowest BCUT2D eigenvalue weighted by Gasteiger charge is -2.24. The Labute approximate surface area is 159 Å². The molecule has 1 aromatic carbocycles. The van der Waals surface area contributed by atoms with Crippen LogP contribution in [0.2, 0.25) is 0 Å². The number of ether oxygens (including phenoxy) is 1. The molecular weight excluding hydrogens is 340 g/mol.